The van der Waals surface area contributed by atoms with E-state index in [1.165, 1.54) is 6.07 Å². The lowest BCUT2D eigenvalue weighted by Gasteiger charge is -2.36. The third-order valence-electron chi connectivity index (χ3n) is 7.01. The molecular weight excluding hydrogens is 517 g/mol. The van der Waals surface area contributed by atoms with Crippen LogP contribution in [0.2, 0.25) is 0 Å². The van der Waals surface area contributed by atoms with Gasteiger partial charge in [-0.15, -0.1) is 0 Å². The van der Waals surface area contributed by atoms with E-state index < -0.39 is 22.4 Å². The number of benzene rings is 1. The first-order valence-corrected chi connectivity index (χ1v) is 13.2. The van der Waals surface area contributed by atoms with Crippen LogP contribution in [0.5, 0.6) is 5.88 Å². The summed E-state index contributed by atoms with van der Waals surface area (Å²) in [4.78, 5) is 30.5. The summed E-state index contributed by atoms with van der Waals surface area (Å²) in [5.41, 5.74) is -1.04. The summed E-state index contributed by atoms with van der Waals surface area (Å²) in [5.74, 6) is 0.511. The Kier molecular flexibility index (Phi) is 8.97. The number of hydrogen-bond donors (Lipinski definition) is 2. The Morgan fingerprint density at radius 1 is 1.13 bits per heavy atom. The van der Waals surface area contributed by atoms with Gasteiger partial charge in [0.15, 0.2) is 0 Å². The fourth-order valence-electron chi connectivity index (χ4n) is 4.92. The second-order valence-corrected chi connectivity index (χ2v) is 9.78. The van der Waals surface area contributed by atoms with Crippen LogP contribution in [0, 0.1) is 10.1 Å². The molecule has 0 unspecified atom stereocenters. The van der Waals surface area contributed by atoms with Gasteiger partial charge >= 0.3 is 12.2 Å². The minimum Gasteiger partial charge on any atom is -0.474 e. The van der Waals surface area contributed by atoms with Gasteiger partial charge in [-0.25, -0.2) is 9.78 Å². The van der Waals surface area contributed by atoms with Crippen molar-refractivity contribution in [2.45, 2.75) is 57.3 Å². The zero-order valence-corrected chi connectivity index (χ0v) is 21.7. The zero-order chi connectivity index (χ0) is 28.0. The number of halogens is 3. The lowest BCUT2D eigenvalue weighted by atomic mass is 9.92. The smallest absolute Gasteiger partial charge is 0.423 e. The second-order valence-electron chi connectivity index (χ2n) is 9.78. The number of nitrogens with one attached hydrogen (secondary N) is 2. The van der Waals surface area contributed by atoms with Gasteiger partial charge in [-0.3, -0.25) is 10.1 Å². The van der Waals surface area contributed by atoms with Gasteiger partial charge in [-0.2, -0.15) is 13.2 Å². The van der Waals surface area contributed by atoms with Crippen molar-refractivity contribution in [1.29, 1.82) is 0 Å². The molecule has 2 amide bonds. The number of amides is 2. The first-order chi connectivity index (χ1) is 18.6. The molecule has 1 saturated carbocycles. The van der Waals surface area contributed by atoms with Crippen LogP contribution in [0.15, 0.2) is 36.5 Å². The number of urea groups is 1. The number of nitrogens with zero attached hydrogens (tertiary/aromatic N) is 4. The number of hydrogen-bond acceptors (Lipinski definition) is 7. The van der Waals surface area contributed by atoms with Gasteiger partial charge in [0.05, 0.1) is 4.92 Å². The highest BCUT2D eigenvalue weighted by Crippen LogP contribution is 2.38. The van der Waals surface area contributed by atoms with Crippen molar-refractivity contribution in [2.75, 3.05) is 42.9 Å². The van der Waals surface area contributed by atoms with E-state index in [4.69, 9.17) is 4.74 Å². The van der Waals surface area contributed by atoms with Crippen LogP contribution in [0.25, 0.3) is 0 Å². The van der Waals surface area contributed by atoms with Gasteiger partial charge in [0.1, 0.15) is 11.7 Å². The van der Waals surface area contributed by atoms with Crippen LogP contribution in [0.1, 0.15) is 44.6 Å². The highest BCUT2D eigenvalue weighted by molar-refractivity contribution is 5.74. The number of anilines is 2. The van der Waals surface area contributed by atoms with Crippen LogP contribution in [-0.2, 0) is 6.18 Å². The summed E-state index contributed by atoms with van der Waals surface area (Å²) < 4.78 is 46.0. The number of carbonyl (C=O) groups excluding carboxylic acids is 1. The largest absolute Gasteiger partial charge is 0.474 e. The van der Waals surface area contributed by atoms with E-state index in [9.17, 15) is 28.1 Å². The molecule has 39 heavy (non-hydrogen) atoms. The molecule has 1 aliphatic heterocycles. The minimum atomic E-state index is -4.82. The highest BCUT2D eigenvalue weighted by Gasteiger charge is 2.38. The van der Waals surface area contributed by atoms with E-state index in [-0.39, 0.29) is 23.9 Å². The van der Waals surface area contributed by atoms with Crippen molar-refractivity contribution in [3.63, 3.8) is 0 Å². The number of nitro groups is 1. The van der Waals surface area contributed by atoms with Crippen molar-refractivity contribution in [2.24, 2.45) is 0 Å². The van der Waals surface area contributed by atoms with Crippen molar-refractivity contribution in [3.8, 4) is 5.88 Å². The molecule has 2 aliphatic rings. The lowest BCUT2D eigenvalue weighted by molar-refractivity contribution is -0.388. The number of nitro benzene ring substituents is 1. The first-order valence-electron chi connectivity index (χ1n) is 13.2. The van der Waals surface area contributed by atoms with E-state index in [2.05, 4.69) is 20.5 Å². The summed E-state index contributed by atoms with van der Waals surface area (Å²) in [6, 6.07) is 6.70. The van der Waals surface area contributed by atoms with Crippen molar-refractivity contribution in [3.05, 3.63) is 52.2 Å². The number of ether oxygens (including phenoxy) is 1. The molecule has 0 atom stereocenters. The summed E-state index contributed by atoms with van der Waals surface area (Å²) in [6.45, 7) is 5.35. The number of piperazine rings is 1. The molecule has 2 heterocycles. The van der Waals surface area contributed by atoms with E-state index in [1.54, 1.807) is 6.20 Å². The molecule has 0 spiro atoms. The number of aromatic nitrogens is 1. The first kappa shape index (κ1) is 28.2. The fraction of sp³-hybridized carbons (Fsp3) is 0.538. The predicted molar refractivity (Wildman–Crippen MR) is 140 cm³/mol. The van der Waals surface area contributed by atoms with Crippen LogP contribution in [-0.4, -0.2) is 65.7 Å². The van der Waals surface area contributed by atoms with Gasteiger partial charge in [-0.1, -0.05) is 6.92 Å². The molecule has 1 aliphatic carbocycles. The van der Waals surface area contributed by atoms with Crippen molar-refractivity contribution >= 4 is 23.1 Å². The molecule has 4 rings (SSSR count). The lowest BCUT2D eigenvalue weighted by Crippen LogP contribution is -2.52. The average Bonchev–Trinajstić information content (AvgIpc) is 2.92. The summed E-state index contributed by atoms with van der Waals surface area (Å²) in [6.07, 6.45) is 0.423. The topological polar surface area (TPSA) is 113 Å². The monoisotopic (exact) mass is 550 g/mol. The van der Waals surface area contributed by atoms with Gasteiger partial charge in [0.2, 0.25) is 5.88 Å². The van der Waals surface area contributed by atoms with Crippen LogP contribution >= 0.6 is 0 Å². The maximum Gasteiger partial charge on any atom is 0.423 e. The maximum absolute atomic E-state index is 13.3. The van der Waals surface area contributed by atoms with Crippen LogP contribution in [0.3, 0.4) is 0 Å². The minimum absolute atomic E-state index is 0.0327. The summed E-state index contributed by atoms with van der Waals surface area (Å²) in [5, 5.41) is 17.0. The molecule has 212 valence electrons. The molecule has 0 bridgehead atoms. The molecule has 10 nitrogen and oxygen atoms in total. The maximum atomic E-state index is 13.3. The SMILES string of the molecule is CCCNC(=O)N1CCN(c2ccnc(OC3CCC(Nc4ccc([N+](=O)[O-])c(C(F)(F)F)c4)CC3)c2)CC1. The molecule has 1 saturated heterocycles. The molecule has 2 aromatic rings. The Bertz CT molecular complexity index is 1150. The molecule has 2 N–H and O–H groups in total. The Morgan fingerprint density at radius 3 is 2.49 bits per heavy atom. The summed E-state index contributed by atoms with van der Waals surface area (Å²) in [7, 11) is 0. The third-order valence-corrected chi connectivity index (χ3v) is 7.01. The Morgan fingerprint density at radius 2 is 1.85 bits per heavy atom. The van der Waals surface area contributed by atoms with E-state index in [1.807, 2.05) is 24.0 Å². The van der Waals surface area contributed by atoms with Gasteiger partial charge in [-0.05, 0) is 50.3 Å². The van der Waals surface area contributed by atoms with Crippen molar-refractivity contribution in [1.82, 2.24) is 15.2 Å². The molecule has 1 aromatic carbocycles. The fourth-order valence-corrected chi connectivity index (χ4v) is 4.92. The molecule has 13 heteroatoms. The standard InChI is InChI=1S/C26H33F3N6O4/c1-2-10-31-25(36)34-14-12-33(13-15-34)20-9-11-30-24(17-20)39-21-6-3-18(4-7-21)32-19-5-8-23(35(37)38)22(16-19)26(27,28)29/h5,8-9,11,16-18,21,32H,2-4,6-7,10,12-15H2,1H3,(H,31,36). The number of rotatable bonds is 8. The quantitative estimate of drug-likeness (QED) is 0.349. The summed E-state index contributed by atoms with van der Waals surface area (Å²) >= 11 is 0. The molecule has 0 radical (unpaired) electrons. The van der Waals surface area contributed by atoms with Crippen LogP contribution < -0.4 is 20.3 Å². The van der Waals surface area contributed by atoms with E-state index in [0.717, 1.165) is 24.2 Å². The molecular formula is C26H33F3N6O4. The van der Waals surface area contributed by atoms with Crippen LogP contribution in [0.4, 0.5) is 35.0 Å². The normalized spacial score (nSPS) is 19.9. The second kappa shape index (κ2) is 12.4. The Balaban J connectivity index is 1.27. The average molecular weight is 551 g/mol. The van der Waals surface area contributed by atoms with Gasteiger partial charge in [0, 0.05) is 68.5 Å². The number of pyridine rings is 1. The zero-order valence-electron chi connectivity index (χ0n) is 21.7. The van der Waals surface area contributed by atoms with E-state index in [0.29, 0.717) is 64.3 Å². The molecule has 2 fully saturated rings. The number of alkyl halides is 3. The molecule has 1 aromatic heterocycles. The predicted octanol–water partition coefficient (Wildman–Crippen LogP) is 5.05. The van der Waals surface area contributed by atoms with Crippen molar-refractivity contribution < 1.29 is 27.6 Å². The van der Waals surface area contributed by atoms with Gasteiger partial charge < -0.3 is 25.2 Å². The Labute approximate surface area is 224 Å². The van der Waals surface area contributed by atoms with Gasteiger partial charge in [0.25, 0.3) is 5.69 Å². The third kappa shape index (κ3) is 7.42. The highest BCUT2D eigenvalue weighted by atomic mass is 19.4. The van der Waals surface area contributed by atoms with E-state index >= 15 is 0 Å². The number of carbonyl (C=O) groups is 1. The Hall–Kier alpha value is -3.77.